The number of anilines is 3. The van der Waals surface area contributed by atoms with Crippen molar-refractivity contribution in [2.75, 3.05) is 37.0 Å². The monoisotopic (exact) mass is 592 g/mol. The molecule has 2 aromatic carbocycles. The van der Waals surface area contributed by atoms with Gasteiger partial charge in [-0.1, -0.05) is 24.3 Å². The molecule has 2 N–H and O–H groups in total. The lowest BCUT2D eigenvalue weighted by Gasteiger charge is -2.31. The van der Waals surface area contributed by atoms with Crippen LogP contribution in [-0.2, 0) is 37.8 Å². The Morgan fingerprint density at radius 1 is 1.02 bits per heavy atom. The molecule has 1 fully saturated rings. The van der Waals surface area contributed by atoms with E-state index in [0.717, 1.165) is 73.5 Å². The van der Waals surface area contributed by atoms with Crippen LogP contribution in [0.15, 0.2) is 59.5 Å². The van der Waals surface area contributed by atoms with Crippen molar-refractivity contribution in [1.29, 1.82) is 0 Å². The maximum absolute atomic E-state index is 13.9. The number of hydrogen-bond acceptors (Lipinski definition) is 6. The Hall–Kier alpha value is -4.21. The Morgan fingerprint density at radius 3 is 2.61 bits per heavy atom. The van der Waals surface area contributed by atoms with Gasteiger partial charge in [0, 0.05) is 56.0 Å². The second kappa shape index (κ2) is 12.1. The smallest absolute Gasteiger partial charge is 0.293 e. The minimum Gasteiger partial charge on any atom is -0.380 e. The molecule has 0 unspecified atom stereocenters. The number of aryl methyl sites for hydroxylation is 2. The van der Waals surface area contributed by atoms with Gasteiger partial charge in [-0.25, -0.2) is 4.98 Å². The molecule has 0 bridgehead atoms. The molecule has 4 aromatic rings. The maximum Gasteiger partial charge on any atom is 0.293 e. The highest BCUT2D eigenvalue weighted by molar-refractivity contribution is 6.07. The summed E-state index contributed by atoms with van der Waals surface area (Å²) in [4.78, 5) is 33.8. The van der Waals surface area contributed by atoms with Crippen molar-refractivity contribution in [2.24, 2.45) is 7.05 Å². The first kappa shape index (κ1) is 28.6. The van der Waals surface area contributed by atoms with Gasteiger partial charge in [0.05, 0.1) is 18.0 Å². The highest BCUT2D eigenvalue weighted by atomic mass is 16.5. The van der Waals surface area contributed by atoms with E-state index < -0.39 is 0 Å². The predicted octanol–water partition coefficient (Wildman–Crippen LogP) is 5.15. The predicted molar refractivity (Wildman–Crippen MR) is 173 cm³/mol. The van der Waals surface area contributed by atoms with Crippen LogP contribution < -0.4 is 21.1 Å². The lowest BCUT2D eigenvalue weighted by Crippen LogP contribution is -2.41. The molecule has 9 heteroatoms. The number of fused-ring (bicyclic) bond motifs is 3. The average Bonchev–Trinajstić information content (AvgIpc) is 3.44. The van der Waals surface area contributed by atoms with Gasteiger partial charge in [-0.05, 0) is 92.9 Å². The normalized spacial score (nSPS) is 17.0. The summed E-state index contributed by atoms with van der Waals surface area (Å²) < 4.78 is 9.47. The lowest BCUT2D eigenvalue weighted by atomic mass is 9.90. The topological polar surface area (TPSA) is 93.4 Å². The number of benzene rings is 2. The van der Waals surface area contributed by atoms with Gasteiger partial charge in [0.15, 0.2) is 5.82 Å². The molecule has 0 atom stereocenters. The zero-order valence-corrected chi connectivity index (χ0v) is 25.6. The van der Waals surface area contributed by atoms with Crippen molar-refractivity contribution in [2.45, 2.75) is 57.6 Å². The van der Waals surface area contributed by atoms with Crippen LogP contribution in [-0.4, -0.2) is 46.8 Å². The molecule has 1 amide bonds. The van der Waals surface area contributed by atoms with Crippen LogP contribution in [0.5, 0.6) is 0 Å². The van der Waals surface area contributed by atoms with E-state index in [1.54, 1.807) is 24.9 Å². The van der Waals surface area contributed by atoms with Crippen LogP contribution in [0.2, 0.25) is 0 Å². The van der Waals surface area contributed by atoms with Gasteiger partial charge in [0.25, 0.3) is 11.5 Å². The summed E-state index contributed by atoms with van der Waals surface area (Å²) >= 11 is 0. The molecule has 0 spiro atoms. The molecule has 44 heavy (non-hydrogen) atoms. The molecular formula is C35H40N6O3. The standard InChI is InChI=1S/C35H40N6O3/c1-39-21-29(38-33(35(39)43)37-26-12-10-23(11-13-26)24-14-16-36-17-15-24)27-7-5-9-31(28(27)22-44-2)41-19-18-40-30-8-4-3-6-25(30)20-32(40)34(41)42/h5,7,9-13,20-21,24,36H,3-4,6,8,14-19,22H2,1-2H3,(H,37,38). The Labute approximate surface area is 257 Å². The fourth-order valence-corrected chi connectivity index (χ4v) is 7.18. The molecule has 228 valence electrons. The zero-order valence-electron chi connectivity index (χ0n) is 25.6. The first-order valence-corrected chi connectivity index (χ1v) is 15.8. The van der Waals surface area contributed by atoms with E-state index in [9.17, 15) is 9.59 Å². The number of methoxy groups -OCH3 is 1. The summed E-state index contributed by atoms with van der Waals surface area (Å²) in [6.07, 6.45) is 8.48. The number of carbonyl (C=O) groups is 1. The summed E-state index contributed by atoms with van der Waals surface area (Å²) in [5.74, 6) is 0.835. The molecule has 9 nitrogen and oxygen atoms in total. The van der Waals surface area contributed by atoms with Gasteiger partial charge in [-0.15, -0.1) is 0 Å². The molecule has 1 aliphatic carbocycles. The van der Waals surface area contributed by atoms with E-state index in [1.165, 1.54) is 29.7 Å². The molecule has 0 saturated carbocycles. The molecule has 2 aromatic heterocycles. The number of piperidine rings is 1. The van der Waals surface area contributed by atoms with E-state index in [4.69, 9.17) is 9.72 Å². The van der Waals surface area contributed by atoms with Gasteiger partial charge >= 0.3 is 0 Å². The number of aromatic nitrogens is 3. The third-order valence-corrected chi connectivity index (χ3v) is 9.48. The number of rotatable bonds is 7. The molecule has 2 aliphatic heterocycles. The molecule has 1 saturated heterocycles. The minimum atomic E-state index is -0.212. The Morgan fingerprint density at radius 2 is 1.82 bits per heavy atom. The lowest BCUT2D eigenvalue weighted by molar-refractivity contribution is 0.0964. The molecule has 7 rings (SSSR count). The largest absolute Gasteiger partial charge is 0.380 e. The van der Waals surface area contributed by atoms with E-state index in [-0.39, 0.29) is 17.3 Å². The van der Waals surface area contributed by atoms with Gasteiger partial charge in [-0.3, -0.25) is 9.59 Å². The van der Waals surface area contributed by atoms with Gasteiger partial charge < -0.3 is 29.4 Å². The van der Waals surface area contributed by atoms with Crippen LogP contribution in [0.4, 0.5) is 17.2 Å². The van der Waals surface area contributed by atoms with Crippen molar-refractivity contribution in [3.8, 4) is 11.3 Å². The van der Waals surface area contributed by atoms with E-state index >= 15 is 0 Å². The van der Waals surface area contributed by atoms with Crippen molar-refractivity contribution in [3.05, 3.63) is 93.2 Å². The second-order valence-electron chi connectivity index (χ2n) is 12.2. The molecular weight excluding hydrogens is 552 g/mol. The fraction of sp³-hybridized carbons (Fsp3) is 0.400. The van der Waals surface area contributed by atoms with E-state index in [0.29, 0.717) is 24.8 Å². The van der Waals surface area contributed by atoms with Crippen molar-refractivity contribution < 1.29 is 9.53 Å². The number of nitrogens with zero attached hydrogens (tertiary/aromatic N) is 4. The number of amides is 1. The van der Waals surface area contributed by atoms with Crippen molar-refractivity contribution in [3.63, 3.8) is 0 Å². The SMILES string of the molecule is COCc1c(-c2cn(C)c(=O)c(Nc3ccc(C4CCNCC4)cc3)n2)cccc1N1CCn2c(cc3c2CCCC3)C1=O. The Bertz CT molecular complexity index is 1750. The maximum atomic E-state index is 13.9. The summed E-state index contributed by atoms with van der Waals surface area (Å²) in [7, 11) is 3.40. The quantitative estimate of drug-likeness (QED) is 0.309. The summed E-state index contributed by atoms with van der Waals surface area (Å²) in [5.41, 5.74) is 8.52. The second-order valence-corrected chi connectivity index (χ2v) is 12.2. The van der Waals surface area contributed by atoms with Gasteiger partial charge in [0.1, 0.15) is 5.69 Å². The van der Waals surface area contributed by atoms with Crippen molar-refractivity contribution in [1.82, 2.24) is 19.4 Å². The Balaban J connectivity index is 1.21. The summed E-state index contributed by atoms with van der Waals surface area (Å²) in [6.45, 7) is 3.76. The fourth-order valence-electron chi connectivity index (χ4n) is 7.18. The van der Waals surface area contributed by atoms with Crippen LogP contribution >= 0.6 is 0 Å². The number of nitrogens with one attached hydrogen (secondary N) is 2. The van der Waals surface area contributed by atoms with Crippen LogP contribution in [0, 0.1) is 0 Å². The Kier molecular flexibility index (Phi) is 7.82. The summed E-state index contributed by atoms with van der Waals surface area (Å²) in [5, 5.41) is 6.69. The average molecular weight is 593 g/mol. The molecule has 3 aliphatic rings. The van der Waals surface area contributed by atoms with Crippen LogP contribution in [0.25, 0.3) is 11.3 Å². The zero-order chi connectivity index (χ0) is 30.2. The number of hydrogen-bond donors (Lipinski definition) is 2. The first-order chi connectivity index (χ1) is 21.5. The number of ether oxygens (including phenoxy) is 1. The minimum absolute atomic E-state index is 0.0175. The molecule has 0 radical (unpaired) electrons. The van der Waals surface area contributed by atoms with Crippen LogP contribution in [0.3, 0.4) is 0 Å². The van der Waals surface area contributed by atoms with E-state index in [1.807, 2.05) is 35.2 Å². The first-order valence-electron chi connectivity index (χ1n) is 15.8. The third kappa shape index (κ3) is 5.24. The van der Waals surface area contributed by atoms with Gasteiger partial charge in [-0.2, -0.15) is 0 Å². The van der Waals surface area contributed by atoms with Crippen molar-refractivity contribution >= 4 is 23.1 Å². The number of carbonyl (C=O) groups excluding carboxylic acids is 1. The van der Waals surface area contributed by atoms with Crippen LogP contribution in [0.1, 0.15) is 64.5 Å². The highest BCUT2D eigenvalue weighted by Gasteiger charge is 2.32. The highest BCUT2D eigenvalue weighted by Crippen LogP contribution is 2.35. The van der Waals surface area contributed by atoms with Gasteiger partial charge in [0.2, 0.25) is 0 Å². The summed E-state index contributed by atoms with van der Waals surface area (Å²) in [6, 6.07) is 16.4. The molecule has 4 heterocycles. The van der Waals surface area contributed by atoms with E-state index in [2.05, 4.69) is 33.4 Å². The third-order valence-electron chi connectivity index (χ3n) is 9.48.